The van der Waals surface area contributed by atoms with Gasteiger partial charge in [0.15, 0.2) is 0 Å². The minimum atomic E-state index is 0.570. The van der Waals surface area contributed by atoms with E-state index in [4.69, 9.17) is 0 Å². The molecule has 0 aliphatic rings. The highest BCUT2D eigenvalue weighted by molar-refractivity contribution is 7.98. The zero-order valence-corrected chi connectivity index (χ0v) is 9.10. The molecule has 0 aromatic heterocycles. The zero-order valence-electron chi connectivity index (χ0n) is 8.29. The molecule has 0 aliphatic heterocycles. The summed E-state index contributed by atoms with van der Waals surface area (Å²) in [6.45, 7) is 5.98. The molecule has 1 aromatic carbocycles. The average molecular weight is 192 g/mol. The van der Waals surface area contributed by atoms with Crippen LogP contribution in [-0.2, 0) is 6.42 Å². The summed E-state index contributed by atoms with van der Waals surface area (Å²) in [6, 6.07) is 8.75. The minimum Gasteiger partial charge on any atom is -0.130 e. The smallest absolute Gasteiger partial charge is 0.00693 e. The summed E-state index contributed by atoms with van der Waals surface area (Å²) in [6.07, 6.45) is 5.20. The lowest BCUT2D eigenvalue weighted by Gasteiger charge is -2.05. The Morgan fingerprint density at radius 2 is 2.00 bits per heavy atom. The Morgan fingerprint density at radius 1 is 1.38 bits per heavy atom. The van der Waals surface area contributed by atoms with E-state index in [9.17, 15) is 0 Å². The van der Waals surface area contributed by atoms with Crippen LogP contribution in [0.25, 0.3) is 0 Å². The molecular weight excluding hydrogens is 176 g/mol. The van der Waals surface area contributed by atoms with Crippen molar-refractivity contribution in [1.82, 2.24) is 0 Å². The number of hydrogen-bond acceptors (Lipinski definition) is 1. The second kappa shape index (κ2) is 5.13. The molecule has 0 radical (unpaired) electrons. The number of benzene rings is 1. The lowest BCUT2D eigenvalue weighted by atomic mass is 10.0. The van der Waals surface area contributed by atoms with Gasteiger partial charge in [-0.3, -0.25) is 0 Å². The minimum absolute atomic E-state index is 0.570. The van der Waals surface area contributed by atoms with Crippen LogP contribution in [0.2, 0.25) is 0 Å². The summed E-state index contributed by atoms with van der Waals surface area (Å²) in [5, 5.41) is 0. The van der Waals surface area contributed by atoms with Gasteiger partial charge >= 0.3 is 0 Å². The van der Waals surface area contributed by atoms with E-state index in [1.54, 1.807) is 11.8 Å². The Morgan fingerprint density at radius 3 is 2.46 bits per heavy atom. The lowest BCUT2D eigenvalue weighted by molar-refractivity contribution is 0.725. The second-order valence-electron chi connectivity index (χ2n) is 3.27. The molecule has 70 valence electrons. The molecule has 0 nitrogen and oxygen atoms in total. The van der Waals surface area contributed by atoms with Crippen LogP contribution in [0.4, 0.5) is 0 Å². The van der Waals surface area contributed by atoms with Gasteiger partial charge in [0.2, 0.25) is 0 Å². The molecule has 0 bridgehead atoms. The maximum atomic E-state index is 3.79. The molecule has 0 heterocycles. The SMILES string of the molecule is C=CC(C)Cc1ccc(SC)cc1. The van der Waals surface area contributed by atoms with Gasteiger partial charge in [0, 0.05) is 4.90 Å². The number of hydrogen-bond donors (Lipinski definition) is 0. The largest absolute Gasteiger partial charge is 0.130 e. The molecule has 0 spiro atoms. The van der Waals surface area contributed by atoms with Crippen LogP contribution in [0.15, 0.2) is 41.8 Å². The Hall–Kier alpha value is -0.690. The van der Waals surface area contributed by atoms with E-state index >= 15 is 0 Å². The van der Waals surface area contributed by atoms with E-state index in [2.05, 4.69) is 44.0 Å². The summed E-state index contributed by atoms with van der Waals surface area (Å²) in [7, 11) is 0. The Balaban J connectivity index is 2.63. The van der Waals surface area contributed by atoms with Gasteiger partial charge in [0.05, 0.1) is 0 Å². The van der Waals surface area contributed by atoms with Crippen molar-refractivity contribution in [2.24, 2.45) is 5.92 Å². The zero-order chi connectivity index (χ0) is 9.68. The molecule has 1 heteroatoms. The molecule has 1 unspecified atom stereocenters. The lowest BCUT2D eigenvalue weighted by Crippen LogP contribution is -1.94. The van der Waals surface area contributed by atoms with Gasteiger partial charge in [0.25, 0.3) is 0 Å². The highest BCUT2D eigenvalue weighted by atomic mass is 32.2. The summed E-state index contributed by atoms with van der Waals surface area (Å²) < 4.78 is 0. The number of allylic oxidation sites excluding steroid dienone is 1. The fraction of sp³-hybridized carbons (Fsp3) is 0.333. The fourth-order valence-electron chi connectivity index (χ4n) is 1.22. The van der Waals surface area contributed by atoms with Crippen molar-refractivity contribution in [3.63, 3.8) is 0 Å². The second-order valence-corrected chi connectivity index (χ2v) is 4.14. The van der Waals surface area contributed by atoms with Crippen molar-refractivity contribution < 1.29 is 0 Å². The third-order valence-electron chi connectivity index (χ3n) is 2.12. The van der Waals surface area contributed by atoms with Crippen molar-refractivity contribution in [3.05, 3.63) is 42.5 Å². The van der Waals surface area contributed by atoms with Crippen molar-refractivity contribution in [2.75, 3.05) is 6.26 Å². The van der Waals surface area contributed by atoms with E-state index in [1.165, 1.54) is 10.5 Å². The summed E-state index contributed by atoms with van der Waals surface area (Å²) in [4.78, 5) is 1.33. The summed E-state index contributed by atoms with van der Waals surface area (Å²) >= 11 is 1.78. The maximum Gasteiger partial charge on any atom is 0.00693 e. The molecular formula is C12H16S. The van der Waals surface area contributed by atoms with Crippen molar-refractivity contribution in [3.8, 4) is 0 Å². The maximum absolute atomic E-state index is 3.79. The van der Waals surface area contributed by atoms with Gasteiger partial charge < -0.3 is 0 Å². The Kier molecular flexibility index (Phi) is 4.10. The number of rotatable bonds is 4. The molecule has 0 saturated heterocycles. The first-order valence-electron chi connectivity index (χ1n) is 4.51. The first-order chi connectivity index (χ1) is 6.26. The molecule has 0 amide bonds. The van der Waals surface area contributed by atoms with Gasteiger partial charge in [0.1, 0.15) is 0 Å². The molecule has 1 atom stereocenters. The molecule has 0 saturated carbocycles. The predicted molar refractivity (Wildman–Crippen MR) is 61.3 cm³/mol. The van der Waals surface area contributed by atoms with E-state index in [0.717, 1.165) is 6.42 Å². The van der Waals surface area contributed by atoms with Crippen LogP contribution in [0.1, 0.15) is 12.5 Å². The Bertz CT molecular complexity index is 261. The van der Waals surface area contributed by atoms with Gasteiger partial charge in [-0.15, -0.1) is 18.3 Å². The van der Waals surface area contributed by atoms with Crippen LogP contribution in [0.5, 0.6) is 0 Å². The monoisotopic (exact) mass is 192 g/mol. The van der Waals surface area contributed by atoms with Crippen LogP contribution in [0.3, 0.4) is 0 Å². The molecule has 0 aliphatic carbocycles. The van der Waals surface area contributed by atoms with Crippen LogP contribution < -0.4 is 0 Å². The molecule has 0 N–H and O–H groups in total. The van der Waals surface area contributed by atoms with Gasteiger partial charge in [-0.05, 0) is 36.3 Å². The van der Waals surface area contributed by atoms with E-state index in [-0.39, 0.29) is 0 Å². The molecule has 0 fully saturated rings. The first kappa shape index (κ1) is 10.4. The Labute approximate surface area is 85.1 Å². The van der Waals surface area contributed by atoms with Crippen LogP contribution in [0, 0.1) is 5.92 Å². The van der Waals surface area contributed by atoms with Crippen molar-refractivity contribution in [2.45, 2.75) is 18.2 Å². The van der Waals surface area contributed by atoms with E-state index in [1.807, 2.05) is 6.08 Å². The van der Waals surface area contributed by atoms with Crippen molar-refractivity contribution in [1.29, 1.82) is 0 Å². The fourth-order valence-corrected chi connectivity index (χ4v) is 1.62. The third kappa shape index (κ3) is 3.27. The molecule has 1 rings (SSSR count). The quantitative estimate of drug-likeness (QED) is 0.517. The predicted octanol–water partition coefficient (Wildman–Crippen LogP) is 3.77. The highest BCUT2D eigenvalue weighted by Crippen LogP contribution is 2.16. The standard InChI is InChI=1S/C12H16S/c1-4-10(2)9-11-5-7-12(13-3)8-6-11/h4-8,10H,1,9H2,2-3H3. The van der Waals surface area contributed by atoms with Gasteiger partial charge in [-0.25, -0.2) is 0 Å². The van der Waals surface area contributed by atoms with Crippen LogP contribution >= 0.6 is 11.8 Å². The van der Waals surface area contributed by atoms with Crippen LogP contribution in [-0.4, -0.2) is 6.26 Å². The average Bonchev–Trinajstić information content (AvgIpc) is 2.19. The summed E-state index contributed by atoms with van der Waals surface area (Å²) in [5.41, 5.74) is 1.39. The first-order valence-corrected chi connectivity index (χ1v) is 5.74. The highest BCUT2D eigenvalue weighted by Gasteiger charge is 1.98. The number of thioether (sulfide) groups is 1. The van der Waals surface area contributed by atoms with Gasteiger partial charge in [-0.2, -0.15) is 0 Å². The molecule has 1 aromatic rings. The van der Waals surface area contributed by atoms with Crippen molar-refractivity contribution >= 4 is 11.8 Å². The normalized spacial score (nSPS) is 12.5. The molecule has 13 heavy (non-hydrogen) atoms. The third-order valence-corrected chi connectivity index (χ3v) is 2.86. The van der Waals surface area contributed by atoms with Gasteiger partial charge in [-0.1, -0.05) is 25.1 Å². The topological polar surface area (TPSA) is 0 Å². The summed E-state index contributed by atoms with van der Waals surface area (Å²) in [5.74, 6) is 0.570. The van der Waals surface area contributed by atoms with E-state index < -0.39 is 0 Å². The van der Waals surface area contributed by atoms with E-state index in [0.29, 0.717) is 5.92 Å².